The van der Waals surface area contributed by atoms with Crippen LogP contribution in [0.25, 0.3) is 0 Å². The van der Waals surface area contributed by atoms with E-state index in [0.717, 1.165) is 35.8 Å². The summed E-state index contributed by atoms with van der Waals surface area (Å²) in [6.07, 6.45) is 3.71. The van der Waals surface area contributed by atoms with Crippen LogP contribution < -0.4 is 5.73 Å². The molecule has 1 aliphatic carbocycles. The predicted molar refractivity (Wildman–Crippen MR) is 71.9 cm³/mol. The van der Waals surface area contributed by atoms with Gasteiger partial charge in [0.25, 0.3) is 0 Å². The molecule has 17 heavy (non-hydrogen) atoms. The number of rotatable bonds is 2. The second kappa shape index (κ2) is 4.98. The van der Waals surface area contributed by atoms with Crippen LogP contribution in [0.5, 0.6) is 0 Å². The first-order valence-corrected chi connectivity index (χ1v) is 7.03. The van der Waals surface area contributed by atoms with Crippen molar-refractivity contribution in [2.75, 3.05) is 5.73 Å². The van der Waals surface area contributed by atoms with E-state index in [1.54, 1.807) is 0 Å². The van der Waals surface area contributed by atoms with Gasteiger partial charge in [-0.2, -0.15) is 5.10 Å². The van der Waals surface area contributed by atoms with E-state index < -0.39 is 0 Å². The summed E-state index contributed by atoms with van der Waals surface area (Å²) in [6, 6.07) is 0.0348. The monoisotopic (exact) mass is 301 g/mol. The summed E-state index contributed by atoms with van der Waals surface area (Å²) in [5.41, 5.74) is 7.05. The molecule has 5 heteroatoms. The average Bonchev–Trinajstić information content (AvgIpc) is 2.57. The van der Waals surface area contributed by atoms with Crippen molar-refractivity contribution in [3.05, 3.63) is 10.2 Å². The van der Waals surface area contributed by atoms with Crippen LogP contribution in [-0.4, -0.2) is 21.0 Å². The normalized spacial score (nSPS) is 25.5. The van der Waals surface area contributed by atoms with Gasteiger partial charge in [0.05, 0.1) is 22.3 Å². The number of anilines is 1. The Hall–Kier alpha value is -0.550. The van der Waals surface area contributed by atoms with Gasteiger partial charge in [-0.15, -0.1) is 0 Å². The molecule has 3 N–H and O–H groups in total. The van der Waals surface area contributed by atoms with E-state index in [0.29, 0.717) is 11.7 Å². The molecule has 96 valence electrons. The summed E-state index contributed by atoms with van der Waals surface area (Å²) < 4.78 is 2.69. The molecule has 4 nitrogen and oxygen atoms in total. The molecule has 0 saturated heterocycles. The van der Waals surface area contributed by atoms with Gasteiger partial charge < -0.3 is 10.8 Å². The van der Waals surface area contributed by atoms with Crippen molar-refractivity contribution in [3.63, 3.8) is 0 Å². The molecule has 1 aromatic heterocycles. The van der Waals surface area contributed by atoms with E-state index in [-0.39, 0.29) is 12.1 Å². The summed E-state index contributed by atoms with van der Waals surface area (Å²) in [5.74, 6) is 0.966. The lowest BCUT2D eigenvalue weighted by Crippen LogP contribution is -2.29. The van der Waals surface area contributed by atoms with E-state index in [1.807, 2.05) is 4.68 Å². The minimum Gasteiger partial charge on any atom is -0.391 e. The zero-order chi connectivity index (χ0) is 12.6. The summed E-state index contributed by atoms with van der Waals surface area (Å²) in [5, 5.41) is 14.6. The van der Waals surface area contributed by atoms with Crippen LogP contribution in [0.1, 0.15) is 57.2 Å². The molecule has 1 fully saturated rings. The van der Waals surface area contributed by atoms with E-state index >= 15 is 0 Å². The number of aromatic nitrogens is 2. The summed E-state index contributed by atoms with van der Waals surface area (Å²) >= 11 is 3.50. The second-order valence-corrected chi connectivity index (χ2v) is 5.90. The Morgan fingerprint density at radius 2 is 2.06 bits per heavy atom. The van der Waals surface area contributed by atoms with Crippen LogP contribution in [0.4, 0.5) is 5.82 Å². The number of hydrogen-bond acceptors (Lipinski definition) is 3. The number of nitrogens with two attached hydrogens (primary N) is 1. The lowest BCUT2D eigenvalue weighted by molar-refractivity contribution is 0.0703. The fourth-order valence-electron chi connectivity index (χ4n) is 2.44. The van der Waals surface area contributed by atoms with Gasteiger partial charge in [-0.1, -0.05) is 26.7 Å². The van der Waals surface area contributed by atoms with Crippen LogP contribution in [-0.2, 0) is 0 Å². The van der Waals surface area contributed by atoms with Crippen molar-refractivity contribution in [2.45, 2.75) is 57.6 Å². The zero-order valence-electron chi connectivity index (χ0n) is 10.4. The molecule has 0 aliphatic heterocycles. The highest BCUT2D eigenvalue weighted by atomic mass is 79.9. The molecule has 0 spiro atoms. The number of nitrogen functional groups attached to an aromatic ring is 1. The fourth-order valence-corrected chi connectivity index (χ4v) is 3.16. The van der Waals surface area contributed by atoms with Gasteiger partial charge >= 0.3 is 0 Å². The molecule has 2 atom stereocenters. The van der Waals surface area contributed by atoms with Crippen molar-refractivity contribution >= 4 is 21.7 Å². The molecule has 0 aromatic carbocycles. The first-order valence-electron chi connectivity index (χ1n) is 6.23. The largest absolute Gasteiger partial charge is 0.391 e. The van der Waals surface area contributed by atoms with Crippen molar-refractivity contribution in [1.82, 2.24) is 9.78 Å². The molecule has 1 saturated carbocycles. The third-order valence-electron chi connectivity index (χ3n) is 3.47. The number of aliphatic hydroxyl groups excluding tert-OH is 1. The third-order valence-corrected chi connectivity index (χ3v) is 4.28. The van der Waals surface area contributed by atoms with Gasteiger partial charge in [0, 0.05) is 0 Å². The average molecular weight is 302 g/mol. The smallest absolute Gasteiger partial charge is 0.136 e. The van der Waals surface area contributed by atoms with Gasteiger partial charge in [-0.25, -0.2) is 4.68 Å². The van der Waals surface area contributed by atoms with Crippen LogP contribution in [0.2, 0.25) is 0 Å². The number of nitrogens with zero attached hydrogens (tertiary/aromatic N) is 2. The van der Waals surface area contributed by atoms with Gasteiger partial charge in [0.15, 0.2) is 0 Å². The molecule has 1 aliphatic rings. The number of aliphatic hydroxyl groups is 1. The predicted octanol–water partition coefficient (Wildman–Crippen LogP) is 2.83. The summed E-state index contributed by atoms with van der Waals surface area (Å²) in [6.45, 7) is 4.18. The molecule has 1 heterocycles. The Bertz CT molecular complexity index is 403. The van der Waals surface area contributed by atoms with Crippen LogP contribution in [0, 0.1) is 0 Å². The van der Waals surface area contributed by atoms with Gasteiger partial charge in [-0.3, -0.25) is 0 Å². The lowest BCUT2D eigenvalue weighted by atomic mass is 9.93. The summed E-state index contributed by atoms with van der Waals surface area (Å²) in [7, 11) is 0. The quantitative estimate of drug-likeness (QED) is 0.883. The van der Waals surface area contributed by atoms with Crippen molar-refractivity contribution < 1.29 is 5.11 Å². The second-order valence-electron chi connectivity index (χ2n) is 5.10. The Balaban J connectivity index is 2.34. The van der Waals surface area contributed by atoms with Gasteiger partial charge in [-0.05, 0) is 34.7 Å². The van der Waals surface area contributed by atoms with E-state index in [4.69, 9.17) is 5.73 Å². The number of hydrogen-bond donors (Lipinski definition) is 2. The standard InChI is InChI=1S/C12H20BrN3O/c1-7(2)11-10(13)12(14)16(15-11)8-5-3-4-6-9(8)17/h7-9,17H,3-6,14H2,1-2H3. The van der Waals surface area contributed by atoms with Crippen LogP contribution >= 0.6 is 15.9 Å². The van der Waals surface area contributed by atoms with Crippen molar-refractivity contribution in [1.29, 1.82) is 0 Å². The molecular weight excluding hydrogens is 282 g/mol. The van der Waals surface area contributed by atoms with Gasteiger partial charge in [0.2, 0.25) is 0 Å². The molecule has 2 unspecified atom stereocenters. The van der Waals surface area contributed by atoms with E-state index in [1.165, 1.54) is 0 Å². The maximum absolute atomic E-state index is 10.1. The Labute approximate surface area is 110 Å². The summed E-state index contributed by atoms with van der Waals surface area (Å²) in [4.78, 5) is 0. The zero-order valence-corrected chi connectivity index (χ0v) is 11.9. The van der Waals surface area contributed by atoms with Crippen molar-refractivity contribution in [3.8, 4) is 0 Å². The van der Waals surface area contributed by atoms with Crippen LogP contribution in [0.15, 0.2) is 4.47 Å². The molecule has 2 rings (SSSR count). The highest BCUT2D eigenvalue weighted by Crippen LogP contribution is 2.35. The van der Waals surface area contributed by atoms with Crippen molar-refractivity contribution in [2.24, 2.45) is 0 Å². The molecule has 0 amide bonds. The molecule has 0 bridgehead atoms. The third kappa shape index (κ3) is 2.36. The molecular formula is C12H20BrN3O. The number of halogens is 1. The first-order chi connectivity index (χ1) is 8.02. The van der Waals surface area contributed by atoms with E-state index in [2.05, 4.69) is 34.9 Å². The van der Waals surface area contributed by atoms with E-state index in [9.17, 15) is 5.11 Å². The molecule has 0 radical (unpaired) electrons. The Morgan fingerprint density at radius 1 is 1.41 bits per heavy atom. The fraction of sp³-hybridized carbons (Fsp3) is 0.750. The molecule has 1 aromatic rings. The highest BCUT2D eigenvalue weighted by Gasteiger charge is 2.28. The first kappa shape index (κ1) is 12.9. The Morgan fingerprint density at radius 3 is 2.59 bits per heavy atom. The Kier molecular flexibility index (Phi) is 3.78. The highest BCUT2D eigenvalue weighted by molar-refractivity contribution is 9.10. The minimum absolute atomic E-state index is 0.0348. The van der Waals surface area contributed by atoms with Gasteiger partial charge in [0.1, 0.15) is 5.82 Å². The lowest BCUT2D eigenvalue weighted by Gasteiger charge is -2.28. The topological polar surface area (TPSA) is 64.1 Å². The maximum atomic E-state index is 10.1. The maximum Gasteiger partial charge on any atom is 0.136 e. The van der Waals surface area contributed by atoms with Crippen LogP contribution in [0.3, 0.4) is 0 Å². The minimum atomic E-state index is -0.321. The SMILES string of the molecule is CC(C)c1nn(C2CCCCC2O)c(N)c1Br.